The topological polar surface area (TPSA) is 0 Å². The second-order valence-corrected chi connectivity index (χ2v) is 17.6. The van der Waals surface area contributed by atoms with Crippen molar-refractivity contribution < 1.29 is 0 Å². The van der Waals surface area contributed by atoms with Gasteiger partial charge in [0.15, 0.2) is 0 Å². The van der Waals surface area contributed by atoms with Crippen LogP contribution in [0, 0.1) is 0 Å². The Morgan fingerprint density at radius 3 is 0.964 bits per heavy atom. The summed E-state index contributed by atoms with van der Waals surface area (Å²) in [6.45, 7) is 0. The van der Waals surface area contributed by atoms with Gasteiger partial charge < -0.3 is 16.5 Å². The molecule has 0 N–H and O–H groups in total. The molecular weight excluding hydrogens is 412 g/mol. The summed E-state index contributed by atoms with van der Waals surface area (Å²) in [6, 6.07) is 44.1. The molecule has 0 radical (unpaired) electrons. The molecule has 0 aliphatic heterocycles. The summed E-state index contributed by atoms with van der Waals surface area (Å²) < 4.78 is 0. The van der Waals surface area contributed by atoms with Crippen LogP contribution in [0.5, 0.6) is 0 Å². The van der Waals surface area contributed by atoms with Crippen LogP contribution in [-0.4, -0.2) is 0 Å². The second kappa shape index (κ2) is 10.4. The monoisotopic (exact) mass is 432 g/mol. The first-order chi connectivity index (χ1) is 13.9. The Bertz CT molecular complexity index is 877. The molecule has 4 aromatic rings. The Kier molecular flexibility index (Phi) is 7.39. The van der Waals surface area contributed by atoms with Gasteiger partial charge in [0.2, 0.25) is 0 Å². The smallest absolute Gasteiger partial charge is 0.0511 e. The van der Waals surface area contributed by atoms with Gasteiger partial charge >= 0.3 is 0 Å². The quantitative estimate of drug-likeness (QED) is 0.279. The maximum atomic E-state index is 2.32. The minimum absolute atomic E-state index is 0.371. The zero-order valence-electron chi connectivity index (χ0n) is 15.3. The average Bonchev–Trinajstić information content (AvgIpc) is 2.79. The van der Waals surface area contributed by atoms with Crippen molar-refractivity contribution in [2.45, 2.75) is 0 Å². The van der Waals surface area contributed by atoms with E-state index >= 15 is 0 Å². The van der Waals surface area contributed by atoms with Crippen molar-refractivity contribution >= 4 is 52.4 Å². The van der Waals surface area contributed by atoms with Crippen LogP contribution in [0.25, 0.3) is 0 Å². The number of hydrogen-bond acceptors (Lipinski definition) is 0. The van der Waals surface area contributed by atoms with E-state index in [0.717, 1.165) is 0 Å². The average molecular weight is 432 g/mol. The summed E-state index contributed by atoms with van der Waals surface area (Å²) >= 11 is 0. The fraction of sp³-hybridized carbons (Fsp3) is 0. The van der Waals surface area contributed by atoms with E-state index in [0.29, 0.717) is 0 Å². The summed E-state index contributed by atoms with van der Waals surface area (Å²) in [7, 11) is 2.13. The molecule has 0 nitrogen and oxygen atoms in total. The molecule has 0 aliphatic rings. The lowest BCUT2D eigenvalue weighted by Gasteiger charge is -2.49. The largest absolute Gasteiger partial charge is 0.466 e. The van der Waals surface area contributed by atoms with Crippen LogP contribution in [-0.2, 0) is 0 Å². The highest BCUT2D eigenvalue weighted by atomic mass is 32.6. The molecule has 0 heterocycles. The van der Waals surface area contributed by atoms with Crippen LogP contribution in [0.4, 0.5) is 0 Å². The van der Waals surface area contributed by atoms with Crippen molar-refractivity contribution in [3.05, 3.63) is 121 Å². The van der Waals surface area contributed by atoms with Gasteiger partial charge in [0, 0.05) is 0 Å². The van der Waals surface area contributed by atoms with Gasteiger partial charge in [0.1, 0.15) is 0 Å². The molecule has 0 fully saturated rings. The van der Waals surface area contributed by atoms with E-state index in [1.165, 1.54) is 37.8 Å². The maximum Gasteiger partial charge on any atom is -0.0511 e. The van der Waals surface area contributed by atoms with E-state index in [1.54, 1.807) is 0 Å². The third-order valence-corrected chi connectivity index (χ3v) is 19.9. The number of rotatable bonds is 7. The molecule has 4 aromatic carbocycles. The van der Waals surface area contributed by atoms with Gasteiger partial charge in [0.05, 0.1) is 0 Å². The van der Waals surface area contributed by atoms with Crippen molar-refractivity contribution in [3.8, 4) is 0 Å². The molecule has 0 aliphatic carbocycles. The fourth-order valence-electron chi connectivity index (χ4n) is 2.75. The molecule has 0 amide bonds. The van der Waals surface area contributed by atoms with Gasteiger partial charge in [-0.05, 0) is 0 Å². The van der Waals surface area contributed by atoms with E-state index < -0.39 is 0 Å². The van der Waals surface area contributed by atoms with Crippen molar-refractivity contribution in [2.24, 2.45) is 0 Å². The highest BCUT2D eigenvalue weighted by Gasteiger charge is 2.08. The Morgan fingerprint density at radius 1 is 0.357 bits per heavy atom. The van der Waals surface area contributed by atoms with Gasteiger partial charge in [0.25, 0.3) is 0 Å². The summed E-state index contributed by atoms with van der Waals surface area (Å²) in [5.41, 5.74) is 0. The molecule has 28 heavy (non-hydrogen) atoms. The molecule has 4 rings (SSSR count). The van der Waals surface area contributed by atoms with Crippen LogP contribution in [0.3, 0.4) is 0 Å². The molecule has 0 saturated carbocycles. The van der Waals surface area contributed by atoms with E-state index in [-0.39, 0.29) is 14.6 Å². The van der Waals surface area contributed by atoms with Crippen molar-refractivity contribution in [3.63, 3.8) is 0 Å². The van der Waals surface area contributed by atoms with E-state index in [9.17, 15) is 0 Å². The molecule has 138 valence electrons. The summed E-state index contributed by atoms with van der Waals surface area (Å²) in [5.74, 6) is 0. The Balaban J connectivity index is 1.76. The van der Waals surface area contributed by atoms with Gasteiger partial charge in [-0.3, -0.25) is 0 Å². The Morgan fingerprint density at radius 2 is 0.643 bits per heavy atom. The lowest BCUT2D eigenvalue weighted by molar-refractivity contribution is 1.77. The zero-order chi connectivity index (χ0) is 19.0. The first kappa shape index (κ1) is 19.9. The number of benzene rings is 4. The molecule has 4 heteroatoms. The molecule has 0 aromatic heterocycles. The molecular formula is C24H20P4-2. The molecule has 0 bridgehead atoms. The Hall–Kier alpha value is -1.40. The van der Waals surface area contributed by atoms with Crippen LogP contribution in [0.1, 0.15) is 0 Å². The van der Waals surface area contributed by atoms with Crippen LogP contribution >= 0.6 is 31.1 Å². The first-order valence-corrected chi connectivity index (χ1v) is 15.7. The van der Waals surface area contributed by atoms with Crippen molar-refractivity contribution in [2.75, 3.05) is 0 Å². The minimum atomic E-state index is -0.371. The van der Waals surface area contributed by atoms with Crippen LogP contribution in [0.15, 0.2) is 121 Å². The predicted octanol–water partition coefficient (Wildman–Crippen LogP) is 6.89. The lowest BCUT2D eigenvalue weighted by Crippen LogP contribution is -2.05. The summed E-state index contributed by atoms with van der Waals surface area (Å²) in [5, 5.41) is 5.79. The fourth-order valence-corrected chi connectivity index (χ4v) is 19.1. The molecule has 0 spiro atoms. The predicted molar refractivity (Wildman–Crippen MR) is 132 cm³/mol. The van der Waals surface area contributed by atoms with E-state index in [1.807, 2.05) is 0 Å². The minimum Gasteiger partial charge on any atom is -0.466 e. The van der Waals surface area contributed by atoms with Crippen LogP contribution < -0.4 is 21.2 Å². The highest BCUT2D eigenvalue weighted by Crippen LogP contribution is 2.84. The summed E-state index contributed by atoms with van der Waals surface area (Å²) in [4.78, 5) is 0. The first-order valence-electron chi connectivity index (χ1n) is 9.14. The van der Waals surface area contributed by atoms with Gasteiger partial charge in [-0.15, -0.1) is 0 Å². The number of hydrogen-bond donors (Lipinski definition) is 0. The van der Waals surface area contributed by atoms with Crippen molar-refractivity contribution in [1.82, 2.24) is 0 Å². The van der Waals surface area contributed by atoms with Gasteiger partial charge in [-0.25, -0.2) is 14.6 Å². The second-order valence-electron chi connectivity index (χ2n) is 6.12. The highest BCUT2D eigenvalue weighted by molar-refractivity contribution is 8.77. The molecule has 0 saturated heterocycles. The molecule has 1 unspecified atom stereocenters. The normalized spacial score (nSPS) is 13.9. The molecule has 2 atom stereocenters. The van der Waals surface area contributed by atoms with E-state index in [2.05, 4.69) is 121 Å². The lowest BCUT2D eigenvalue weighted by atomic mass is 10.4. The van der Waals surface area contributed by atoms with E-state index in [4.69, 9.17) is 0 Å². The Labute approximate surface area is 173 Å². The summed E-state index contributed by atoms with van der Waals surface area (Å²) in [6.07, 6.45) is 0. The standard InChI is InChI=1S/C24H20P4/c1-5-13-21(14-6-1)25-27(23-17-9-3-10-18-23)28(24-19-11-4-12-20-24)26-22-15-7-2-8-16-22/h1-20H/q-2/t27-,28?/m1/s1. The van der Waals surface area contributed by atoms with Crippen LogP contribution in [0.2, 0.25) is 0 Å². The zero-order valence-corrected chi connectivity index (χ0v) is 18.9. The maximum absolute atomic E-state index is 2.32. The third kappa shape index (κ3) is 5.35. The van der Waals surface area contributed by atoms with Gasteiger partial charge in [-0.2, -0.15) is 10.6 Å². The SMILES string of the molecule is c1ccc([P-]P(c2ccccc2)[P@@]([P-]c2ccccc2)c2ccccc2)cc1. The van der Waals surface area contributed by atoms with Crippen molar-refractivity contribution in [1.29, 1.82) is 0 Å². The van der Waals surface area contributed by atoms with Gasteiger partial charge in [-0.1, -0.05) is 132 Å². The third-order valence-electron chi connectivity index (χ3n) is 4.09.